The van der Waals surface area contributed by atoms with Gasteiger partial charge in [0.2, 0.25) is 0 Å². The summed E-state index contributed by atoms with van der Waals surface area (Å²) in [6.07, 6.45) is 3.76. The number of fused-ring (bicyclic) bond motifs is 1. The smallest absolute Gasteiger partial charge is 0.289 e. The lowest BCUT2D eigenvalue weighted by molar-refractivity contribution is 0.0755. The van der Waals surface area contributed by atoms with E-state index in [0.717, 1.165) is 39.8 Å². The van der Waals surface area contributed by atoms with Crippen LogP contribution in [0.3, 0.4) is 0 Å². The molecule has 3 rings (SSSR count). The summed E-state index contributed by atoms with van der Waals surface area (Å²) < 4.78 is 7.80. The van der Waals surface area contributed by atoms with E-state index in [0.29, 0.717) is 12.3 Å². The molecule has 5 heteroatoms. The van der Waals surface area contributed by atoms with Crippen molar-refractivity contribution < 1.29 is 9.21 Å². The van der Waals surface area contributed by atoms with Gasteiger partial charge in [0, 0.05) is 42.8 Å². The quantitative estimate of drug-likeness (QED) is 0.732. The Labute approximate surface area is 141 Å². The Kier molecular flexibility index (Phi) is 4.18. The predicted molar refractivity (Wildman–Crippen MR) is 94.1 cm³/mol. The van der Waals surface area contributed by atoms with Crippen molar-refractivity contribution in [3.05, 3.63) is 52.5 Å². The van der Waals surface area contributed by atoms with E-state index in [4.69, 9.17) is 4.42 Å². The van der Waals surface area contributed by atoms with E-state index in [2.05, 4.69) is 11.2 Å². The summed E-state index contributed by atoms with van der Waals surface area (Å²) in [4.78, 5) is 14.5. The van der Waals surface area contributed by atoms with Crippen molar-refractivity contribution in [1.29, 1.82) is 0 Å². The third-order valence-electron chi connectivity index (χ3n) is 4.60. The Bertz CT molecular complexity index is 905. The minimum absolute atomic E-state index is 0.106. The van der Waals surface area contributed by atoms with Gasteiger partial charge in [0.25, 0.3) is 5.91 Å². The zero-order valence-electron chi connectivity index (χ0n) is 14.9. The summed E-state index contributed by atoms with van der Waals surface area (Å²) in [6.45, 7) is 9.38. The molecule has 0 saturated carbocycles. The summed E-state index contributed by atoms with van der Waals surface area (Å²) in [5, 5.41) is 5.26. The summed E-state index contributed by atoms with van der Waals surface area (Å²) >= 11 is 0. The summed E-state index contributed by atoms with van der Waals surface area (Å²) in [6, 6.07) is 4.09. The molecule has 0 aliphatic carbocycles. The summed E-state index contributed by atoms with van der Waals surface area (Å²) in [5.74, 6) is 0.314. The van der Waals surface area contributed by atoms with Crippen molar-refractivity contribution in [3.63, 3.8) is 0 Å². The molecular formula is C19H23N3O2. The highest BCUT2D eigenvalue weighted by atomic mass is 16.3. The second-order valence-corrected chi connectivity index (χ2v) is 6.31. The lowest BCUT2D eigenvalue weighted by Gasteiger charge is -2.15. The second kappa shape index (κ2) is 6.15. The lowest BCUT2D eigenvalue weighted by atomic mass is 10.0. The van der Waals surface area contributed by atoms with Gasteiger partial charge < -0.3 is 9.32 Å². The van der Waals surface area contributed by atoms with Gasteiger partial charge in [-0.15, -0.1) is 0 Å². The summed E-state index contributed by atoms with van der Waals surface area (Å²) in [7, 11) is 1.79. The molecule has 0 unspecified atom stereocenters. The molecule has 0 fully saturated rings. The lowest BCUT2D eigenvalue weighted by Crippen LogP contribution is -2.26. The maximum atomic E-state index is 12.8. The number of hydrogen-bond acceptors (Lipinski definition) is 3. The van der Waals surface area contributed by atoms with Crippen LogP contribution in [0.15, 0.2) is 28.9 Å². The Balaban J connectivity index is 1.90. The zero-order valence-corrected chi connectivity index (χ0v) is 14.9. The number of aryl methyl sites for hydroxylation is 4. The Morgan fingerprint density at radius 1 is 1.25 bits per heavy atom. The molecule has 0 saturated heterocycles. The highest BCUT2D eigenvalue weighted by Crippen LogP contribution is 2.30. The average Bonchev–Trinajstić information content (AvgIpc) is 3.15. The number of nitrogens with zero attached hydrogens (tertiary/aromatic N) is 3. The van der Waals surface area contributed by atoms with Crippen LogP contribution in [0, 0.1) is 20.8 Å². The topological polar surface area (TPSA) is 51.3 Å². The van der Waals surface area contributed by atoms with E-state index in [-0.39, 0.29) is 5.91 Å². The van der Waals surface area contributed by atoms with Crippen molar-refractivity contribution in [2.45, 2.75) is 40.8 Å². The van der Waals surface area contributed by atoms with Crippen LogP contribution in [-0.2, 0) is 13.1 Å². The Morgan fingerprint density at radius 3 is 2.67 bits per heavy atom. The zero-order chi connectivity index (χ0) is 17.4. The van der Waals surface area contributed by atoms with E-state index < -0.39 is 0 Å². The van der Waals surface area contributed by atoms with Crippen molar-refractivity contribution in [2.24, 2.45) is 0 Å². The van der Waals surface area contributed by atoms with Gasteiger partial charge in [-0.05, 0) is 38.8 Å². The molecule has 1 amide bonds. The van der Waals surface area contributed by atoms with Crippen LogP contribution in [0.1, 0.15) is 39.7 Å². The van der Waals surface area contributed by atoms with E-state index in [1.807, 2.05) is 44.6 Å². The minimum atomic E-state index is -0.106. The number of carbonyl (C=O) groups is 1. The first kappa shape index (κ1) is 16.3. The van der Waals surface area contributed by atoms with Crippen LogP contribution in [-0.4, -0.2) is 27.6 Å². The first-order chi connectivity index (χ1) is 11.4. The standard InChI is InChI=1S/C19H23N3O2/c1-6-22-11-15(9-20-22)10-21(5)19(23)18-14(4)16-8-7-12(2)13(3)17(16)24-18/h7-9,11H,6,10H2,1-5H3. The fourth-order valence-corrected chi connectivity index (χ4v) is 2.90. The van der Waals surface area contributed by atoms with E-state index in [1.165, 1.54) is 0 Å². The molecule has 3 aromatic rings. The van der Waals surface area contributed by atoms with Gasteiger partial charge in [-0.2, -0.15) is 5.10 Å². The van der Waals surface area contributed by atoms with Crippen molar-refractivity contribution in [3.8, 4) is 0 Å². The molecule has 24 heavy (non-hydrogen) atoms. The van der Waals surface area contributed by atoms with Crippen molar-refractivity contribution >= 4 is 16.9 Å². The minimum Gasteiger partial charge on any atom is -0.450 e. The molecule has 0 spiro atoms. The van der Waals surface area contributed by atoms with Gasteiger partial charge in [0.15, 0.2) is 5.76 Å². The molecule has 5 nitrogen and oxygen atoms in total. The molecule has 2 heterocycles. The first-order valence-electron chi connectivity index (χ1n) is 8.18. The molecule has 2 aromatic heterocycles. The number of furan rings is 1. The van der Waals surface area contributed by atoms with E-state index in [9.17, 15) is 4.79 Å². The second-order valence-electron chi connectivity index (χ2n) is 6.31. The van der Waals surface area contributed by atoms with Gasteiger partial charge in [-0.25, -0.2) is 0 Å². The van der Waals surface area contributed by atoms with E-state index in [1.54, 1.807) is 18.1 Å². The third-order valence-corrected chi connectivity index (χ3v) is 4.60. The molecule has 0 bridgehead atoms. The number of aromatic nitrogens is 2. The van der Waals surface area contributed by atoms with Gasteiger partial charge in [-0.3, -0.25) is 9.48 Å². The predicted octanol–water partition coefficient (Wildman–Crippen LogP) is 3.85. The van der Waals surface area contributed by atoms with Gasteiger partial charge in [-0.1, -0.05) is 12.1 Å². The highest BCUT2D eigenvalue weighted by Gasteiger charge is 2.22. The fraction of sp³-hybridized carbons (Fsp3) is 0.368. The molecular weight excluding hydrogens is 302 g/mol. The van der Waals surface area contributed by atoms with Crippen LogP contribution >= 0.6 is 0 Å². The van der Waals surface area contributed by atoms with E-state index >= 15 is 0 Å². The van der Waals surface area contributed by atoms with Crippen LogP contribution in [0.2, 0.25) is 0 Å². The normalized spacial score (nSPS) is 11.2. The first-order valence-corrected chi connectivity index (χ1v) is 8.18. The van der Waals surface area contributed by atoms with Gasteiger partial charge >= 0.3 is 0 Å². The maximum absolute atomic E-state index is 12.8. The van der Waals surface area contributed by atoms with Gasteiger partial charge in [0.05, 0.1) is 6.20 Å². The van der Waals surface area contributed by atoms with Crippen molar-refractivity contribution in [2.75, 3.05) is 7.05 Å². The number of rotatable bonds is 4. The van der Waals surface area contributed by atoms with Crippen LogP contribution in [0.4, 0.5) is 0 Å². The number of amides is 1. The fourth-order valence-electron chi connectivity index (χ4n) is 2.90. The largest absolute Gasteiger partial charge is 0.450 e. The summed E-state index contributed by atoms with van der Waals surface area (Å²) in [5.41, 5.74) is 4.96. The van der Waals surface area contributed by atoms with Crippen LogP contribution in [0.25, 0.3) is 11.0 Å². The monoisotopic (exact) mass is 325 g/mol. The SMILES string of the molecule is CCn1cc(CN(C)C(=O)c2oc3c(C)c(C)ccc3c2C)cn1. The highest BCUT2D eigenvalue weighted by molar-refractivity contribution is 5.99. The van der Waals surface area contributed by atoms with Crippen LogP contribution in [0.5, 0.6) is 0 Å². The Morgan fingerprint density at radius 2 is 2.00 bits per heavy atom. The molecule has 0 N–H and O–H groups in total. The number of carbonyl (C=O) groups excluding carboxylic acids is 1. The molecule has 126 valence electrons. The van der Waals surface area contributed by atoms with Crippen LogP contribution < -0.4 is 0 Å². The number of benzene rings is 1. The Hall–Kier alpha value is -2.56. The maximum Gasteiger partial charge on any atom is 0.289 e. The number of hydrogen-bond donors (Lipinski definition) is 0. The van der Waals surface area contributed by atoms with Crippen molar-refractivity contribution in [1.82, 2.24) is 14.7 Å². The molecule has 0 aliphatic heterocycles. The molecule has 0 atom stereocenters. The third kappa shape index (κ3) is 2.70. The van der Waals surface area contributed by atoms with Gasteiger partial charge in [0.1, 0.15) is 5.58 Å². The molecule has 1 aromatic carbocycles. The molecule has 0 aliphatic rings. The average molecular weight is 325 g/mol. The molecule has 0 radical (unpaired) electrons.